The smallest absolute Gasteiger partial charge is 0.430 e. The van der Waals surface area contributed by atoms with Crippen LogP contribution in [0.4, 0.5) is 58.4 Å². The van der Waals surface area contributed by atoms with Crippen LogP contribution >= 0.6 is 0 Å². The summed E-state index contributed by atoms with van der Waals surface area (Å²) in [5.74, 6) is -5.96. The molecular formula is C42H36F12N2O8. The van der Waals surface area contributed by atoms with Gasteiger partial charge in [0, 0.05) is 22.4 Å². The van der Waals surface area contributed by atoms with Crippen LogP contribution in [0.3, 0.4) is 0 Å². The number of alkyl halides is 12. The second-order valence-corrected chi connectivity index (χ2v) is 15.4. The van der Waals surface area contributed by atoms with Crippen LogP contribution in [0.25, 0.3) is 22.3 Å². The molecule has 0 aliphatic heterocycles. The zero-order valence-corrected chi connectivity index (χ0v) is 33.9. The molecule has 0 heterocycles. The van der Waals surface area contributed by atoms with E-state index in [1.807, 2.05) is 0 Å². The second kappa shape index (κ2) is 16.8. The van der Waals surface area contributed by atoms with Gasteiger partial charge in [-0.1, -0.05) is 25.1 Å². The standard InChI is InChI=1S/C42H36F12N2O8/c1-7-36(5,6)56-33(58)24-11-9-22(15-28(24)35(61)62)21-8-10-23(27(14-21)34(59)60)32(57)55-31-13-19(3)26(17-30(31)38(64,41(49,50)51)42(52,53)54)25-16-29(20(4)12-18(25)2)37(63,39(43,44)45)40(46,47)48/h8-17,63-64H,7H2,1-6H3,(H,55,57)(H,56,58)(H,59,60)(H,61,62). The van der Waals surface area contributed by atoms with Crippen molar-refractivity contribution in [2.45, 2.75) is 89.4 Å². The van der Waals surface area contributed by atoms with Gasteiger partial charge in [0.15, 0.2) is 0 Å². The predicted molar refractivity (Wildman–Crippen MR) is 204 cm³/mol. The van der Waals surface area contributed by atoms with Crippen molar-refractivity contribution in [2.75, 3.05) is 5.32 Å². The van der Waals surface area contributed by atoms with Crippen molar-refractivity contribution in [3.63, 3.8) is 0 Å². The van der Waals surface area contributed by atoms with Crippen LogP contribution in [-0.2, 0) is 11.2 Å². The predicted octanol–water partition coefficient (Wildman–Crippen LogP) is 10.1. The minimum Gasteiger partial charge on any atom is -0.478 e. The first-order chi connectivity index (χ1) is 28.9. The quantitative estimate of drug-likeness (QED) is 0.0807. The molecule has 346 valence electrons. The van der Waals surface area contributed by atoms with Gasteiger partial charge in [0.05, 0.1) is 22.3 Å². The Morgan fingerprint density at radius 3 is 1.28 bits per heavy atom. The van der Waals surface area contributed by atoms with E-state index in [1.54, 1.807) is 26.1 Å². The first-order valence-corrected chi connectivity index (χ1v) is 18.3. The third kappa shape index (κ3) is 9.10. The van der Waals surface area contributed by atoms with Gasteiger partial charge in [0.2, 0.25) is 0 Å². The summed E-state index contributed by atoms with van der Waals surface area (Å²) in [7, 11) is 0. The average molecular weight is 925 g/mol. The number of benzene rings is 4. The molecule has 2 amide bonds. The largest absolute Gasteiger partial charge is 0.478 e. The zero-order chi connectivity index (χ0) is 49.1. The van der Waals surface area contributed by atoms with Gasteiger partial charge in [-0.25, -0.2) is 9.59 Å². The number of carbonyl (C=O) groups is 4. The summed E-state index contributed by atoms with van der Waals surface area (Å²) in [6.07, 6.45) is -25.9. The molecule has 64 heavy (non-hydrogen) atoms. The van der Waals surface area contributed by atoms with Gasteiger partial charge < -0.3 is 31.1 Å². The maximum atomic E-state index is 14.5. The minimum absolute atomic E-state index is 0.0365. The number of aryl methyl sites for hydroxylation is 3. The number of hydrogen-bond donors (Lipinski definition) is 6. The maximum absolute atomic E-state index is 14.5. The van der Waals surface area contributed by atoms with Gasteiger partial charge in [-0.15, -0.1) is 0 Å². The number of carbonyl (C=O) groups excluding carboxylic acids is 2. The Hall–Kier alpha value is -6.16. The van der Waals surface area contributed by atoms with E-state index in [0.717, 1.165) is 44.2 Å². The Morgan fingerprint density at radius 1 is 0.516 bits per heavy atom. The molecule has 0 unspecified atom stereocenters. The number of anilines is 1. The maximum Gasteiger partial charge on any atom is 0.430 e. The van der Waals surface area contributed by atoms with E-state index in [1.165, 1.54) is 6.07 Å². The first kappa shape index (κ1) is 50.5. The van der Waals surface area contributed by atoms with Crippen LogP contribution in [-0.4, -0.2) is 74.4 Å². The monoisotopic (exact) mass is 924 g/mol. The van der Waals surface area contributed by atoms with Crippen LogP contribution in [0.1, 0.15) is 96.4 Å². The second-order valence-electron chi connectivity index (χ2n) is 15.4. The van der Waals surface area contributed by atoms with E-state index in [-0.39, 0.29) is 34.4 Å². The molecule has 0 aromatic heterocycles. The lowest BCUT2D eigenvalue weighted by Gasteiger charge is -2.35. The molecule has 4 aromatic carbocycles. The van der Waals surface area contributed by atoms with Gasteiger partial charge in [0.25, 0.3) is 23.0 Å². The van der Waals surface area contributed by atoms with E-state index in [0.29, 0.717) is 25.5 Å². The molecule has 0 bridgehead atoms. The topological polar surface area (TPSA) is 173 Å². The number of aliphatic hydroxyl groups is 2. The highest BCUT2D eigenvalue weighted by Gasteiger charge is 2.73. The van der Waals surface area contributed by atoms with Gasteiger partial charge in [-0.05, 0) is 122 Å². The van der Waals surface area contributed by atoms with Gasteiger partial charge in [0.1, 0.15) is 0 Å². The third-order valence-electron chi connectivity index (χ3n) is 10.6. The number of rotatable bonds is 11. The molecule has 4 aromatic rings. The Bertz CT molecular complexity index is 2510. The molecule has 0 saturated heterocycles. The van der Waals surface area contributed by atoms with Crippen LogP contribution in [0.15, 0.2) is 60.7 Å². The summed E-state index contributed by atoms with van der Waals surface area (Å²) in [6.45, 7) is 7.75. The van der Waals surface area contributed by atoms with Gasteiger partial charge in [-0.3, -0.25) is 9.59 Å². The number of carboxylic acids is 2. The van der Waals surface area contributed by atoms with Crippen molar-refractivity contribution in [1.82, 2.24) is 5.32 Å². The number of halogens is 12. The molecule has 0 aliphatic carbocycles. The first-order valence-electron chi connectivity index (χ1n) is 18.3. The van der Waals surface area contributed by atoms with E-state index < -0.39 is 121 Å². The number of aromatic carboxylic acids is 2. The van der Waals surface area contributed by atoms with E-state index in [9.17, 15) is 92.3 Å². The molecule has 0 saturated carbocycles. The summed E-state index contributed by atoms with van der Waals surface area (Å²) in [4.78, 5) is 51.2. The Morgan fingerprint density at radius 2 is 0.891 bits per heavy atom. The summed E-state index contributed by atoms with van der Waals surface area (Å²) in [5.41, 5.74) is -24.3. The van der Waals surface area contributed by atoms with Crippen LogP contribution < -0.4 is 10.6 Å². The molecule has 0 spiro atoms. The van der Waals surface area contributed by atoms with E-state index in [4.69, 9.17) is 0 Å². The molecule has 22 heteroatoms. The zero-order valence-electron chi connectivity index (χ0n) is 33.9. The molecule has 4 rings (SSSR count). The van der Waals surface area contributed by atoms with Crippen molar-refractivity contribution in [2.24, 2.45) is 0 Å². The minimum atomic E-state index is -6.71. The number of amides is 2. The Kier molecular flexibility index (Phi) is 13.2. The lowest BCUT2D eigenvalue weighted by atomic mass is 9.82. The SMILES string of the molecule is CCC(C)(C)NC(=O)c1ccc(-c2ccc(C(=O)Nc3cc(C)c(-c4cc(C(O)(C(F)(F)F)C(F)(F)F)c(C)cc4C)cc3C(O)(C(F)(F)F)C(F)(F)F)c(C(=O)O)c2)cc1C(=O)O. The third-order valence-corrected chi connectivity index (χ3v) is 10.6. The summed E-state index contributed by atoms with van der Waals surface area (Å²) < 4.78 is 171. The van der Waals surface area contributed by atoms with Gasteiger partial charge >= 0.3 is 36.6 Å². The fraction of sp³-hybridized carbons (Fsp3) is 0.333. The van der Waals surface area contributed by atoms with Crippen molar-refractivity contribution in [3.05, 3.63) is 111 Å². The van der Waals surface area contributed by atoms with E-state index in [2.05, 4.69) is 5.32 Å². The number of hydrogen-bond acceptors (Lipinski definition) is 6. The normalized spacial score (nSPS) is 13.1. The van der Waals surface area contributed by atoms with Crippen LogP contribution in [0.2, 0.25) is 0 Å². The fourth-order valence-electron chi connectivity index (χ4n) is 6.72. The summed E-state index contributed by atoms with van der Waals surface area (Å²) in [5, 5.41) is 45.0. The van der Waals surface area contributed by atoms with Crippen LogP contribution in [0, 0.1) is 20.8 Å². The molecule has 6 N–H and O–H groups in total. The van der Waals surface area contributed by atoms with Crippen molar-refractivity contribution in [1.29, 1.82) is 0 Å². The highest BCUT2D eigenvalue weighted by molar-refractivity contribution is 6.12. The lowest BCUT2D eigenvalue weighted by molar-refractivity contribution is -0.376. The molecule has 0 aliphatic rings. The molecule has 0 radical (unpaired) electrons. The number of carboxylic acid groups (broad SMARTS) is 2. The molecule has 0 atom stereocenters. The lowest BCUT2D eigenvalue weighted by Crippen LogP contribution is -2.54. The number of nitrogens with one attached hydrogen (secondary N) is 2. The van der Waals surface area contributed by atoms with Crippen molar-refractivity contribution < 1.29 is 92.3 Å². The summed E-state index contributed by atoms with van der Waals surface area (Å²) >= 11 is 0. The van der Waals surface area contributed by atoms with Crippen molar-refractivity contribution >= 4 is 29.4 Å². The fourth-order valence-corrected chi connectivity index (χ4v) is 6.72. The molecular weight excluding hydrogens is 888 g/mol. The van der Waals surface area contributed by atoms with Crippen LogP contribution in [0.5, 0.6) is 0 Å². The average Bonchev–Trinajstić information content (AvgIpc) is 3.15. The van der Waals surface area contributed by atoms with Crippen molar-refractivity contribution in [3.8, 4) is 22.3 Å². The highest BCUT2D eigenvalue weighted by Crippen LogP contribution is 2.55. The molecule has 0 fully saturated rings. The van der Waals surface area contributed by atoms with Gasteiger partial charge in [-0.2, -0.15) is 52.7 Å². The Balaban J connectivity index is 1.95. The Labute approximate surface area is 354 Å². The summed E-state index contributed by atoms with van der Waals surface area (Å²) in [6, 6.07) is 6.86. The molecule has 10 nitrogen and oxygen atoms in total. The van der Waals surface area contributed by atoms with E-state index >= 15 is 0 Å². The highest BCUT2D eigenvalue weighted by atomic mass is 19.4.